The molecule has 0 radical (unpaired) electrons. The van der Waals surface area contributed by atoms with Gasteiger partial charge in [0.2, 0.25) is 0 Å². The van der Waals surface area contributed by atoms with Gasteiger partial charge < -0.3 is 4.98 Å². The van der Waals surface area contributed by atoms with Gasteiger partial charge in [0.25, 0.3) is 5.56 Å². The standard InChI is InChI=1S/C14H14BrClN2O/c1-14(2,3)11-7-12(19)18-13(17-11)9-5-4-8(16)6-10(9)15/h4-7H,1-3H3,(H,17,18,19). The van der Waals surface area contributed by atoms with Gasteiger partial charge in [-0.1, -0.05) is 32.4 Å². The molecule has 1 aromatic heterocycles. The summed E-state index contributed by atoms with van der Waals surface area (Å²) in [6, 6.07) is 6.91. The lowest BCUT2D eigenvalue weighted by atomic mass is 9.92. The van der Waals surface area contributed by atoms with Gasteiger partial charge in [-0.3, -0.25) is 4.79 Å². The number of aromatic nitrogens is 2. The van der Waals surface area contributed by atoms with Crippen molar-refractivity contribution < 1.29 is 0 Å². The molecule has 2 rings (SSSR count). The van der Waals surface area contributed by atoms with E-state index in [9.17, 15) is 4.79 Å². The topological polar surface area (TPSA) is 45.8 Å². The molecule has 0 aliphatic carbocycles. The van der Waals surface area contributed by atoms with Crippen LogP contribution < -0.4 is 5.56 Å². The molecule has 5 heteroatoms. The average Bonchev–Trinajstić information content (AvgIpc) is 2.26. The van der Waals surface area contributed by atoms with E-state index < -0.39 is 0 Å². The number of H-pyrrole nitrogens is 1. The zero-order chi connectivity index (χ0) is 14.2. The predicted octanol–water partition coefficient (Wildman–Crippen LogP) is 4.15. The van der Waals surface area contributed by atoms with Crippen LogP contribution >= 0.6 is 27.5 Å². The van der Waals surface area contributed by atoms with Crippen molar-refractivity contribution in [1.82, 2.24) is 9.97 Å². The summed E-state index contributed by atoms with van der Waals surface area (Å²) in [4.78, 5) is 19.1. The third-order valence-corrected chi connectivity index (χ3v) is 3.59. The van der Waals surface area contributed by atoms with Crippen LogP contribution in [0.15, 0.2) is 33.5 Å². The Bertz CT molecular complexity index is 674. The summed E-state index contributed by atoms with van der Waals surface area (Å²) in [5, 5.41) is 0.630. The fourth-order valence-corrected chi connectivity index (χ4v) is 2.52. The van der Waals surface area contributed by atoms with Crippen molar-refractivity contribution >= 4 is 27.5 Å². The number of aromatic amines is 1. The summed E-state index contributed by atoms with van der Waals surface area (Å²) >= 11 is 9.35. The molecule has 2 aromatic rings. The number of hydrogen-bond acceptors (Lipinski definition) is 2. The Labute approximate surface area is 125 Å². The second kappa shape index (κ2) is 5.10. The summed E-state index contributed by atoms with van der Waals surface area (Å²) in [6.45, 7) is 6.07. The first-order chi connectivity index (χ1) is 8.77. The minimum Gasteiger partial charge on any atom is -0.306 e. The zero-order valence-corrected chi connectivity index (χ0v) is 13.3. The Morgan fingerprint density at radius 1 is 1.26 bits per heavy atom. The molecule has 0 aliphatic heterocycles. The van der Waals surface area contributed by atoms with Gasteiger partial charge in [-0.2, -0.15) is 0 Å². The van der Waals surface area contributed by atoms with Crippen molar-refractivity contribution in [3.63, 3.8) is 0 Å². The molecule has 1 aromatic carbocycles. The summed E-state index contributed by atoms with van der Waals surface area (Å²) in [5.41, 5.74) is 1.24. The summed E-state index contributed by atoms with van der Waals surface area (Å²) < 4.78 is 0.800. The van der Waals surface area contributed by atoms with Crippen LogP contribution in [0.2, 0.25) is 5.02 Å². The molecule has 0 saturated heterocycles. The minimum atomic E-state index is -0.179. The molecule has 1 N–H and O–H groups in total. The number of benzene rings is 1. The smallest absolute Gasteiger partial charge is 0.251 e. The molecule has 0 fully saturated rings. The van der Waals surface area contributed by atoms with Gasteiger partial charge in [0, 0.05) is 26.5 Å². The van der Waals surface area contributed by atoms with Crippen LogP contribution in [-0.2, 0) is 5.41 Å². The second-order valence-corrected chi connectivity index (χ2v) is 6.64. The molecule has 0 aliphatic rings. The van der Waals surface area contributed by atoms with E-state index in [1.165, 1.54) is 6.07 Å². The maximum Gasteiger partial charge on any atom is 0.251 e. The molecule has 3 nitrogen and oxygen atoms in total. The fraction of sp³-hybridized carbons (Fsp3) is 0.286. The van der Waals surface area contributed by atoms with Gasteiger partial charge >= 0.3 is 0 Å². The van der Waals surface area contributed by atoms with Crippen LogP contribution in [0.25, 0.3) is 11.4 Å². The Morgan fingerprint density at radius 2 is 1.95 bits per heavy atom. The van der Waals surface area contributed by atoms with Crippen molar-refractivity contribution in [3.8, 4) is 11.4 Å². The van der Waals surface area contributed by atoms with Crippen molar-refractivity contribution in [2.45, 2.75) is 26.2 Å². The van der Waals surface area contributed by atoms with E-state index in [2.05, 4.69) is 25.9 Å². The highest BCUT2D eigenvalue weighted by Crippen LogP contribution is 2.29. The third kappa shape index (κ3) is 3.25. The molecule has 1 heterocycles. The molecule has 0 unspecified atom stereocenters. The van der Waals surface area contributed by atoms with Crippen LogP contribution in [0.1, 0.15) is 26.5 Å². The van der Waals surface area contributed by atoms with Crippen molar-refractivity contribution in [2.24, 2.45) is 0 Å². The van der Waals surface area contributed by atoms with Gasteiger partial charge in [0.05, 0.1) is 5.69 Å². The highest BCUT2D eigenvalue weighted by Gasteiger charge is 2.18. The maximum atomic E-state index is 11.8. The number of nitrogens with one attached hydrogen (secondary N) is 1. The van der Waals surface area contributed by atoms with Gasteiger partial charge in [0.1, 0.15) is 5.82 Å². The van der Waals surface area contributed by atoms with Crippen molar-refractivity contribution in [2.75, 3.05) is 0 Å². The quantitative estimate of drug-likeness (QED) is 0.847. The van der Waals surface area contributed by atoms with Gasteiger partial charge in [0.15, 0.2) is 0 Å². The SMILES string of the molecule is CC(C)(C)c1cc(=O)[nH]c(-c2ccc(Cl)cc2Br)n1. The van der Waals surface area contributed by atoms with Gasteiger partial charge in [-0.15, -0.1) is 0 Å². The average molecular weight is 342 g/mol. The lowest BCUT2D eigenvalue weighted by Gasteiger charge is -2.18. The Morgan fingerprint density at radius 3 is 2.53 bits per heavy atom. The van der Waals surface area contributed by atoms with E-state index in [1.54, 1.807) is 12.1 Å². The van der Waals surface area contributed by atoms with Crippen LogP contribution in [0.4, 0.5) is 0 Å². The Balaban J connectivity index is 2.63. The first-order valence-corrected chi connectivity index (χ1v) is 7.02. The maximum absolute atomic E-state index is 11.8. The number of rotatable bonds is 1. The van der Waals surface area contributed by atoms with Crippen LogP contribution in [0, 0.1) is 0 Å². The predicted molar refractivity (Wildman–Crippen MR) is 81.7 cm³/mol. The summed E-state index contributed by atoms with van der Waals surface area (Å²) in [7, 11) is 0. The third-order valence-electron chi connectivity index (χ3n) is 2.70. The van der Waals surface area contributed by atoms with E-state index in [4.69, 9.17) is 11.6 Å². The number of nitrogens with zero attached hydrogens (tertiary/aromatic N) is 1. The lowest BCUT2D eigenvalue weighted by molar-refractivity contribution is 0.566. The first kappa shape index (κ1) is 14.3. The second-order valence-electron chi connectivity index (χ2n) is 5.35. The molecule has 0 atom stereocenters. The van der Waals surface area contributed by atoms with Crippen LogP contribution in [-0.4, -0.2) is 9.97 Å². The van der Waals surface area contributed by atoms with E-state index in [-0.39, 0.29) is 11.0 Å². The number of halogens is 2. The largest absolute Gasteiger partial charge is 0.306 e. The first-order valence-electron chi connectivity index (χ1n) is 5.84. The monoisotopic (exact) mass is 340 g/mol. The van der Waals surface area contributed by atoms with Crippen LogP contribution in [0.3, 0.4) is 0 Å². The Hall–Kier alpha value is -1.13. The molecular weight excluding hydrogens is 328 g/mol. The zero-order valence-electron chi connectivity index (χ0n) is 10.9. The summed E-state index contributed by atoms with van der Waals surface area (Å²) in [5.74, 6) is 0.543. The fourth-order valence-electron chi connectivity index (χ4n) is 1.65. The molecule has 0 spiro atoms. The number of hydrogen-bond donors (Lipinski definition) is 1. The molecule has 100 valence electrons. The highest BCUT2D eigenvalue weighted by atomic mass is 79.9. The Kier molecular flexibility index (Phi) is 3.83. The summed E-state index contributed by atoms with van der Waals surface area (Å²) in [6.07, 6.45) is 0. The van der Waals surface area contributed by atoms with Crippen molar-refractivity contribution in [3.05, 3.63) is 49.8 Å². The molecule has 0 amide bonds. The molecule has 19 heavy (non-hydrogen) atoms. The molecule has 0 saturated carbocycles. The van der Waals surface area contributed by atoms with Crippen molar-refractivity contribution in [1.29, 1.82) is 0 Å². The van der Waals surface area contributed by atoms with Crippen LogP contribution in [0.5, 0.6) is 0 Å². The van der Waals surface area contributed by atoms with E-state index in [1.807, 2.05) is 26.8 Å². The molecular formula is C14H14BrClN2O. The van der Waals surface area contributed by atoms with E-state index in [0.29, 0.717) is 10.8 Å². The normalized spacial score (nSPS) is 11.6. The van der Waals surface area contributed by atoms with Gasteiger partial charge in [-0.05, 0) is 34.1 Å². The molecule has 0 bridgehead atoms. The van der Waals surface area contributed by atoms with E-state index >= 15 is 0 Å². The van der Waals surface area contributed by atoms with Gasteiger partial charge in [-0.25, -0.2) is 4.98 Å². The van der Waals surface area contributed by atoms with E-state index in [0.717, 1.165) is 15.7 Å². The minimum absolute atomic E-state index is 0.156. The highest BCUT2D eigenvalue weighted by molar-refractivity contribution is 9.10. The lowest BCUT2D eigenvalue weighted by Crippen LogP contribution is -2.20.